The van der Waals surface area contributed by atoms with Crippen LogP contribution in [0.4, 0.5) is 5.13 Å². The summed E-state index contributed by atoms with van der Waals surface area (Å²) in [6, 6.07) is 3.95. The fraction of sp³-hybridized carbons (Fsp3) is 0.579. The number of nitrogens with zero attached hydrogens (tertiary/aromatic N) is 2. The van der Waals surface area contributed by atoms with Gasteiger partial charge in [-0.05, 0) is 31.4 Å². The molecule has 1 aromatic carbocycles. The zero-order chi connectivity index (χ0) is 18.2. The van der Waals surface area contributed by atoms with E-state index in [4.69, 9.17) is 14.5 Å². The van der Waals surface area contributed by atoms with Crippen molar-refractivity contribution in [2.75, 3.05) is 25.2 Å². The summed E-state index contributed by atoms with van der Waals surface area (Å²) in [5, 5.41) is 0.720. The molecule has 2 aromatic rings. The number of fused-ring (bicyclic) bond motifs is 1. The molecule has 0 spiro atoms. The summed E-state index contributed by atoms with van der Waals surface area (Å²) in [5.41, 5.74) is 1.48. The molecule has 5 nitrogen and oxygen atoms in total. The number of thiazole rings is 1. The Balaban J connectivity index is 2.04. The van der Waals surface area contributed by atoms with Gasteiger partial charge >= 0.3 is 0 Å². The first-order chi connectivity index (χ1) is 11.8. The van der Waals surface area contributed by atoms with Gasteiger partial charge in [-0.25, -0.2) is 4.98 Å². The normalized spacial score (nSPS) is 17.9. The molecule has 1 aromatic heterocycles. The van der Waals surface area contributed by atoms with E-state index in [1.807, 2.05) is 32.9 Å². The Morgan fingerprint density at radius 3 is 2.80 bits per heavy atom. The van der Waals surface area contributed by atoms with Gasteiger partial charge < -0.3 is 9.47 Å². The van der Waals surface area contributed by atoms with E-state index in [-0.39, 0.29) is 12.0 Å². The second-order valence-corrected chi connectivity index (χ2v) is 8.54. The Labute approximate surface area is 152 Å². The average molecular weight is 362 g/mol. The topological polar surface area (TPSA) is 51.7 Å². The molecule has 0 radical (unpaired) electrons. The molecule has 3 rings (SSSR count). The highest BCUT2D eigenvalue weighted by molar-refractivity contribution is 7.22. The van der Waals surface area contributed by atoms with E-state index in [2.05, 4.69) is 6.92 Å². The van der Waals surface area contributed by atoms with E-state index in [9.17, 15) is 4.79 Å². The Morgan fingerprint density at radius 2 is 2.20 bits per heavy atom. The maximum absolute atomic E-state index is 13.1. The molecule has 1 amide bonds. The molecule has 136 valence electrons. The second-order valence-electron chi connectivity index (χ2n) is 7.56. The molecule has 1 fully saturated rings. The molecule has 1 aliphatic heterocycles. The number of rotatable bonds is 4. The van der Waals surface area contributed by atoms with E-state index < -0.39 is 5.41 Å². The van der Waals surface area contributed by atoms with Gasteiger partial charge in [-0.2, -0.15) is 0 Å². The number of benzene rings is 1. The maximum atomic E-state index is 13.1. The van der Waals surface area contributed by atoms with Crippen molar-refractivity contribution in [1.29, 1.82) is 0 Å². The van der Waals surface area contributed by atoms with Crippen molar-refractivity contribution in [3.05, 3.63) is 17.7 Å². The standard InChI is InChI=1S/C19H26N2O3S/c1-12-8-9-14(23-5)15-16(12)25-18(20-15)21(17(22)19(2,3)4)11-13-7-6-10-24-13/h8-9,13H,6-7,10-11H2,1-5H3. The van der Waals surface area contributed by atoms with E-state index >= 15 is 0 Å². The van der Waals surface area contributed by atoms with Gasteiger partial charge in [-0.15, -0.1) is 0 Å². The van der Waals surface area contributed by atoms with Crippen molar-refractivity contribution in [3.8, 4) is 5.75 Å². The fourth-order valence-electron chi connectivity index (χ4n) is 3.02. The molecule has 6 heteroatoms. The Kier molecular flexibility index (Phi) is 5.02. The van der Waals surface area contributed by atoms with Crippen molar-refractivity contribution in [1.82, 2.24) is 4.98 Å². The molecule has 1 unspecified atom stereocenters. The first-order valence-electron chi connectivity index (χ1n) is 8.69. The molecule has 25 heavy (non-hydrogen) atoms. The minimum Gasteiger partial charge on any atom is -0.494 e. The number of aromatic nitrogens is 1. The molecule has 1 aliphatic rings. The SMILES string of the molecule is COc1ccc(C)c2sc(N(CC3CCCO3)C(=O)C(C)(C)C)nc12. The largest absolute Gasteiger partial charge is 0.494 e. The van der Waals surface area contributed by atoms with Crippen LogP contribution >= 0.6 is 11.3 Å². The average Bonchev–Trinajstić information content (AvgIpc) is 3.21. The summed E-state index contributed by atoms with van der Waals surface area (Å²) < 4.78 is 12.3. The summed E-state index contributed by atoms with van der Waals surface area (Å²) in [5.74, 6) is 0.807. The molecule has 1 atom stereocenters. The van der Waals surface area contributed by atoms with Crippen molar-refractivity contribution < 1.29 is 14.3 Å². The van der Waals surface area contributed by atoms with Crippen molar-refractivity contribution >= 4 is 32.6 Å². The van der Waals surface area contributed by atoms with E-state index in [1.165, 1.54) is 0 Å². The lowest BCUT2D eigenvalue weighted by molar-refractivity contribution is -0.126. The lowest BCUT2D eigenvalue weighted by atomic mass is 9.94. The summed E-state index contributed by atoms with van der Waals surface area (Å²) in [4.78, 5) is 19.6. The van der Waals surface area contributed by atoms with Crippen LogP contribution in [0.1, 0.15) is 39.2 Å². The Hall–Kier alpha value is -1.66. The summed E-state index contributed by atoms with van der Waals surface area (Å²) in [6.07, 6.45) is 2.12. The molecule has 0 N–H and O–H groups in total. The molecule has 0 saturated carbocycles. The van der Waals surface area contributed by atoms with Crippen LogP contribution in [0.15, 0.2) is 12.1 Å². The van der Waals surface area contributed by atoms with Crippen LogP contribution in [-0.2, 0) is 9.53 Å². The number of hydrogen-bond donors (Lipinski definition) is 0. The monoisotopic (exact) mass is 362 g/mol. The third-order valence-electron chi connectivity index (χ3n) is 4.44. The molecular formula is C19H26N2O3S. The van der Waals surface area contributed by atoms with Crippen molar-refractivity contribution in [3.63, 3.8) is 0 Å². The summed E-state index contributed by atoms with van der Waals surface area (Å²) >= 11 is 1.55. The van der Waals surface area contributed by atoms with Crippen LogP contribution in [0.3, 0.4) is 0 Å². The second kappa shape index (κ2) is 6.92. The number of carbonyl (C=O) groups excluding carboxylic acids is 1. The highest BCUT2D eigenvalue weighted by Crippen LogP contribution is 2.38. The number of hydrogen-bond acceptors (Lipinski definition) is 5. The van der Waals surface area contributed by atoms with Crippen LogP contribution in [0.25, 0.3) is 10.2 Å². The fourth-order valence-corrected chi connectivity index (χ4v) is 4.08. The van der Waals surface area contributed by atoms with Crippen LogP contribution in [0.2, 0.25) is 0 Å². The van der Waals surface area contributed by atoms with Gasteiger partial charge in [0, 0.05) is 12.0 Å². The number of ether oxygens (including phenoxy) is 2. The predicted octanol–water partition coefficient (Wildman–Crippen LogP) is 4.17. The van der Waals surface area contributed by atoms with E-state index in [0.717, 1.165) is 46.1 Å². The van der Waals surface area contributed by atoms with Crippen LogP contribution in [0, 0.1) is 12.3 Å². The summed E-state index contributed by atoms with van der Waals surface area (Å²) in [7, 11) is 1.65. The molecule has 2 heterocycles. The quantitative estimate of drug-likeness (QED) is 0.819. The third kappa shape index (κ3) is 3.65. The Bertz CT molecular complexity index is 773. The molecule has 0 bridgehead atoms. The number of methoxy groups -OCH3 is 1. The lowest BCUT2D eigenvalue weighted by Gasteiger charge is -2.29. The third-order valence-corrected chi connectivity index (χ3v) is 5.65. The minimum absolute atomic E-state index is 0.0682. The van der Waals surface area contributed by atoms with E-state index in [1.54, 1.807) is 23.3 Å². The number of anilines is 1. The van der Waals surface area contributed by atoms with Crippen molar-refractivity contribution in [2.45, 2.75) is 46.6 Å². The molecule has 1 saturated heterocycles. The Morgan fingerprint density at radius 1 is 1.44 bits per heavy atom. The van der Waals surface area contributed by atoms with Gasteiger partial charge in [0.1, 0.15) is 11.3 Å². The van der Waals surface area contributed by atoms with Gasteiger partial charge in [0.25, 0.3) is 0 Å². The first-order valence-corrected chi connectivity index (χ1v) is 9.50. The van der Waals surface area contributed by atoms with Gasteiger partial charge in [0.2, 0.25) is 5.91 Å². The van der Waals surface area contributed by atoms with Crippen LogP contribution < -0.4 is 9.64 Å². The smallest absolute Gasteiger partial charge is 0.234 e. The van der Waals surface area contributed by atoms with Gasteiger partial charge in [-0.1, -0.05) is 38.2 Å². The molecule has 0 aliphatic carbocycles. The lowest BCUT2D eigenvalue weighted by Crippen LogP contribution is -2.43. The predicted molar refractivity (Wildman–Crippen MR) is 102 cm³/mol. The minimum atomic E-state index is -0.477. The maximum Gasteiger partial charge on any atom is 0.234 e. The van der Waals surface area contributed by atoms with Gasteiger partial charge in [0.05, 0.1) is 24.5 Å². The first kappa shape index (κ1) is 18.1. The zero-order valence-electron chi connectivity index (χ0n) is 15.6. The van der Waals surface area contributed by atoms with E-state index in [0.29, 0.717) is 6.54 Å². The highest BCUT2D eigenvalue weighted by Gasteiger charge is 2.33. The molecular weight excluding hydrogens is 336 g/mol. The van der Waals surface area contributed by atoms with Crippen LogP contribution in [-0.4, -0.2) is 37.3 Å². The number of aryl methyl sites for hydroxylation is 1. The zero-order valence-corrected chi connectivity index (χ0v) is 16.4. The highest BCUT2D eigenvalue weighted by atomic mass is 32.1. The number of amides is 1. The van der Waals surface area contributed by atoms with Gasteiger partial charge in [0.15, 0.2) is 5.13 Å². The number of carbonyl (C=O) groups is 1. The van der Waals surface area contributed by atoms with Crippen molar-refractivity contribution in [2.24, 2.45) is 5.41 Å². The van der Waals surface area contributed by atoms with Gasteiger partial charge in [-0.3, -0.25) is 9.69 Å². The van der Waals surface area contributed by atoms with Crippen LogP contribution in [0.5, 0.6) is 5.75 Å². The summed E-state index contributed by atoms with van der Waals surface area (Å²) in [6.45, 7) is 9.21.